The summed E-state index contributed by atoms with van der Waals surface area (Å²) in [4.78, 5) is 2.63. The Hall–Kier alpha value is -1.71. The van der Waals surface area contributed by atoms with Gasteiger partial charge in [-0.1, -0.05) is 37.3 Å². The molecule has 1 heterocycles. The van der Waals surface area contributed by atoms with Gasteiger partial charge in [-0.2, -0.15) is 0 Å². The number of hydrogen-bond acceptors (Lipinski definition) is 3. The van der Waals surface area contributed by atoms with E-state index in [1.165, 1.54) is 29.7 Å². The van der Waals surface area contributed by atoms with Gasteiger partial charge in [0, 0.05) is 23.3 Å². The molecule has 0 radical (unpaired) electrons. The molecule has 1 unspecified atom stereocenters. The lowest BCUT2D eigenvalue weighted by molar-refractivity contribution is 0.401. The van der Waals surface area contributed by atoms with E-state index in [2.05, 4.69) is 72.6 Å². The quantitative estimate of drug-likeness (QED) is 0.757. The first kappa shape index (κ1) is 20.6. The molecule has 1 atom stereocenters. The van der Waals surface area contributed by atoms with E-state index in [9.17, 15) is 0 Å². The minimum Gasteiger partial charge on any atom is -0.496 e. The second-order valence-corrected chi connectivity index (χ2v) is 6.90. The molecule has 0 spiro atoms. The number of hydrogen-bond donors (Lipinski definition) is 1. The first-order valence-electron chi connectivity index (χ1n) is 9.47. The van der Waals surface area contributed by atoms with E-state index in [0.29, 0.717) is 12.1 Å². The molecule has 1 fully saturated rings. The standard InChI is InChI=1S/C22H30N2O.ClH/c1-4-17(2)24(19-12-14-23-15-13-19)20-10-11-22(25-3)21(16-20)18-8-6-5-7-9-18;/h5-11,16-17,19,23H,4,12-15H2,1-3H3;1H. The summed E-state index contributed by atoms with van der Waals surface area (Å²) in [5.74, 6) is 0.935. The highest BCUT2D eigenvalue weighted by Gasteiger charge is 2.25. The molecule has 0 aromatic heterocycles. The predicted molar refractivity (Wildman–Crippen MR) is 114 cm³/mol. The van der Waals surface area contributed by atoms with Gasteiger partial charge in [0.05, 0.1) is 7.11 Å². The molecule has 1 N–H and O–H groups in total. The van der Waals surface area contributed by atoms with Gasteiger partial charge in [-0.15, -0.1) is 12.4 Å². The molecule has 26 heavy (non-hydrogen) atoms. The van der Waals surface area contributed by atoms with E-state index in [1.807, 2.05) is 0 Å². The fraction of sp³-hybridized carbons (Fsp3) is 0.455. The number of piperidine rings is 1. The van der Waals surface area contributed by atoms with Crippen molar-refractivity contribution in [2.75, 3.05) is 25.1 Å². The van der Waals surface area contributed by atoms with Gasteiger partial charge in [0.15, 0.2) is 0 Å². The van der Waals surface area contributed by atoms with Gasteiger partial charge in [0.1, 0.15) is 5.75 Å². The van der Waals surface area contributed by atoms with E-state index in [4.69, 9.17) is 4.74 Å². The Labute approximate surface area is 164 Å². The Morgan fingerprint density at radius 1 is 1.12 bits per heavy atom. The van der Waals surface area contributed by atoms with Crippen molar-refractivity contribution in [2.45, 2.75) is 45.2 Å². The number of methoxy groups -OCH3 is 1. The maximum atomic E-state index is 5.64. The highest BCUT2D eigenvalue weighted by molar-refractivity contribution is 5.85. The zero-order valence-electron chi connectivity index (χ0n) is 16.1. The summed E-state index contributed by atoms with van der Waals surface area (Å²) in [6.45, 7) is 6.84. The van der Waals surface area contributed by atoms with Crippen LogP contribution in [0.1, 0.15) is 33.1 Å². The summed E-state index contributed by atoms with van der Waals surface area (Å²) >= 11 is 0. The van der Waals surface area contributed by atoms with Crippen molar-refractivity contribution in [1.82, 2.24) is 5.32 Å². The van der Waals surface area contributed by atoms with Crippen molar-refractivity contribution in [3.8, 4) is 16.9 Å². The topological polar surface area (TPSA) is 24.5 Å². The number of ether oxygens (including phenoxy) is 1. The van der Waals surface area contributed by atoms with Gasteiger partial charge in [-0.25, -0.2) is 0 Å². The lowest BCUT2D eigenvalue weighted by Gasteiger charge is -2.40. The molecular formula is C22H31ClN2O. The molecule has 0 amide bonds. The van der Waals surface area contributed by atoms with Crippen LogP contribution in [0.3, 0.4) is 0 Å². The average molecular weight is 375 g/mol. The van der Waals surface area contributed by atoms with Crippen LogP contribution in [0.2, 0.25) is 0 Å². The lowest BCUT2D eigenvalue weighted by Crippen LogP contribution is -2.47. The molecule has 3 nitrogen and oxygen atoms in total. The van der Waals surface area contributed by atoms with Crippen molar-refractivity contribution < 1.29 is 4.74 Å². The second-order valence-electron chi connectivity index (χ2n) is 6.90. The van der Waals surface area contributed by atoms with Gasteiger partial charge in [0.2, 0.25) is 0 Å². The van der Waals surface area contributed by atoms with Gasteiger partial charge in [-0.3, -0.25) is 0 Å². The van der Waals surface area contributed by atoms with Gasteiger partial charge >= 0.3 is 0 Å². The van der Waals surface area contributed by atoms with Crippen LogP contribution in [0.5, 0.6) is 5.75 Å². The molecule has 1 aliphatic heterocycles. The predicted octanol–water partition coefficient (Wildman–Crippen LogP) is 5.14. The van der Waals surface area contributed by atoms with Crippen LogP contribution in [0.25, 0.3) is 11.1 Å². The molecule has 0 aliphatic carbocycles. The zero-order chi connectivity index (χ0) is 17.6. The number of rotatable bonds is 6. The molecule has 3 rings (SSSR count). The van der Waals surface area contributed by atoms with E-state index >= 15 is 0 Å². The van der Waals surface area contributed by atoms with Crippen molar-refractivity contribution >= 4 is 18.1 Å². The second kappa shape index (κ2) is 9.84. The minimum atomic E-state index is 0. The highest BCUT2D eigenvalue weighted by Crippen LogP contribution is 2.36. The Morgan fingerprint density at radius 2 is 1.81 bits per heavy atom. The summed E-state index contributed by atoms with van der Waals surface area (Å²) in [7, 11) is 1.75. The largest absolute Gasteiger partial charge is 0.496 e. The third kappa shape index (κ3) is 4.52. The average Bonchev–Trinajstić information content (AvgIpc) is 2.69. The SMILES string of the molecule is CCC(C)N(c1ccc(OC)c(-c2ccccc2)c1)C1CCNCC1.Cl. The molecule has 4 heteroatoms. The Bertz CT molecular complexity index is 671. The van der Waals surface area contributed by atoms with Crippen LogP contribution in [-0.4, -0.2) is 32.3 Å². The van der Waals surface area contributed by atoms with E-state index < -0.39 is 0 Å². The smallest absolute Gasteiger partial charge is 0.126 e. The lowest BCUT2D eigenvalue weighted by atomic mass is 9.98. The number of nitrogens with zero attached hydrogens (tertiary/aromatic N) is 1. The van der Waals surface area contributed by atoms with Crippen LogP contribution in [0.15, 0.2) is 48.5 Å². The fourth-order valence-electron chi connectivity index (χ4n) is 3.81. The van der Waals surface area contributed by atoms with Crippen LogP contribution in [0, 0.1) is 0 Å². The number of anilines is 1. The van der Waals surface area contributed by atoms with E-state index in [1.54, 1.807) is 7.11 Å². The molecule has 0 saturated carbocycles. The summed E-state index contributed by atoms with van der Waals surface area (Å²) in [5.41, 5.74) is 3.68. The molecule has 2 aromatic rings. The zero-order valence-corrected chi connectivity index (χ0v) is 16.9. The maximum Gasteiger partial charge on any atom is 0.126 e. The molecule has 1 aliphatic rings. The van der Waals surface area contributed by atoms with Crippen LogP contribution < -0.4 is 15.0 Å². The summed E-state index contributed by atoms with van der Waals surface area (Å²) in [6, 6.07) is 18.3. The first-order chi connectivity index (χ1) is 12.2. The molecule has 142 valence electrons. The summed E-state index contributed by atoms with van der Waals surface area (Å²) in [6.07, 6.45) is 3.56. The number of halogens is 1. The number of nitrogens with one attached hydrogen (secondary N) is 1. The van der Waals surface area contributed by atoms with E-state index in [-0.39, 0.29) is 12.4 Å². The maximum absolute atomic E-state index is 5.64. The van der Waals surface area contributed by atoms with Gasteiger partial charge in [0.25, 0.3) is 0 Å². The summed E-state index contributed by atoms with van der Waals surface area (Å²) < 4.78 is 5.64. The van der Waals surface area contributed by atoms with Gasteiger partial charge < -0.3 is 15.0 Å². The fourth-order valence-corrected chi connectivity index (χ4v) is 3.81. The number of benzene rings is 2. The van der Waals surface area contributed by atoms with Gasteiger partial charge in [-0.05, 0) is 63.0 Å². The molecule has 1 saturated heterocycles. The van der Waals surface area contributed by atoms with E-state index in [0.717, 1.165) is 25.3 Å². The molecule has 2 aromatic carbocycles. The Balaban J connectivity index is 0.00000243. The van der Waals surface area contributed by atoms with Crippen LogP contribution >= 0.6 is 12.4 Å². The van der Waals surface area contributed by atoms with Crippen molar-refractivity contribution in [1.29, 1.82) is 0 Å². The Kier molecular flexibility index (Phi) is 7.80. The first-order valence-corrected chi connectivity index (χ1v) is 9.47. The van der Waals surface area contributed by atoms with Crippen LogP contribution in [0.4, 0.5) is 5.69 Å². The normalized spacial score (nSPS) is 15.8. The molecular weight excluding hydrogens is 344 g/mol. The monoisotopic (exact) mass is 374 g/mol. The highest BCUT2D eigenvalue weighted by atomic mass is 35.5. The van der Waals surface area contributed by atoms with Crippen LogP contribution in [-0.2, 0) is 0 Å². The Morgan fingerprint density at radius 3 is 2.42 bits per heavy atom. The van der Waals surface area contributed by atoms with Crippen molar-refractivity contribution in [2.24, 2.45) is 0 Å². The van der Waals surface area contributed by atoms with Crippen molar-refractivity contribution in [3.63, 3.8) is 0 Å². The molecule has 0 bridgehead atoms. The van der Waals surface area contributed by atoms with Crippen molar-refractivity contribution in [3.05, 3.63) is 48.5 Å². The summed E-state index contributed by atoms with van der Waals surface area (Å²) in [5, 5.41) is 3.49. The third-order valence-corrected chi connectivity index (χ3v) is 5.33. The minimum absolute atomic E-state index is 0. The third-order valence-electron chi connectivity index (χ3n) is 5.33.